The van der Waals surface area contributed by atoms with Crippen LogP contribution in [0.2, 0.25) is 0 Å². The largest absolute Gasteiger partial charge is 0.466 e. The topological polar surface area (TPSA) is 52.6 Å². The smallest absolute Gasteiger partial charge is 0.305 e. The van der Waals surface area contributed by atoms with Crippen molar-refractivity contribution in [3.63, 3.8) is 0 Å². The molecule has 0 rings (SSSR count). The molecule has 0 N–H and O–H groups in total. The molecule has 0 aromatic rings. The molecule has 0 atom stereocenters. The molecule has 0 unspecified atom stereocenters. The highest BCUT2D eigenvalue weighted by molar-refractivity contribution is 5.69. The van der Waals surface area contributed by atoms with Crippen molar-refractivity contribution >= 4 is 11.9 Å². The molecular weight excluding hydrogens is 388 g/mol. The third-order valence-corrected chi connectivity index (χ3v) is 5.78. The fraction of sp³-hybridized carbons (Fsp3) is 0.926. The quantitative estimate of drug-likeness (QED) is 0.112. The molecule has 0 saturated carbocycles. The van der Waals surface area contributed by atoms with Gasteiger partial charge in [-0.25, -0.2) is 0 Å². The van der Waals surface area contributed by atoms with Gasteiger partial charge in [-0.2, -0.15) is 0 Å². The van der Waals surface area contributed by atoms with Crippen LogP contribution in [0.15, 0.2) is 0 Å². The maximum atomic E-state index is 11.5. The molecule has 0 aliphatic carbocycles. The normalized spacial score (nSPS) is 10.9. The van der Waals surface area contributed by atoms with Gasteiger partial charge in [-0.1, -0.05) is 110 Å². The van der Waals surface area contributed by atoms with Crippen molar-refractivity contribution in [3.8, 4) is 0 Å². The molecule has 4 heteroatoms. The summed E-state index contributed by atoms with van der Waals surface area (Å²) < 4.78 is 10.3. The highest BCUT2D eigenvalue weighted by Crippen LogP contribution is 2.14. The lowest BCUT2D eigenvalue weighted by Gasteiger charge is -2.05. The summed E-state index contributed by atoms with van der Waals surface area (Å²) in [6, 6.07) is 0. The summed E-state index contributed by atoms with van der Waals surface area (Å²) in [7, 11) is 0. The fourth-order valence-electron chi connectivity index (χ4n) is 3.64. The molecule has 0 spiro atoms. The van der Waals surface area contributed by atoms with E-state index in [2.05, 4.69) is 13.8 Å². The molecule has 0 bridgehead atoms. The molecule has 0 fully saturated rings. The Morgan fingerprint density at radius 2 is 0.677 bits per heavy atom. The van der Waals surface area contributed by atoms with E-state index in [1.165, 1.54) is 70.6 Å². The maximum absolute atomic E-state index is 11.5. The Balaban J connectivity index is 3.14. The molecule has 0 aromatic carbocycles. The highest BCUT2D eigenvalue weighted by atomic mass is 16.5. The summed E-state index contributed by atoms with van der Waals surface area (Å²) in [6.07, 6.45) is 24.1. The van der Waals surface area contributed by atoms with Gasteiger partial charge in [-0.05, 0) is 25.7 Å². The Bertz CT molecular complexity index is 359. The third-order valence-electron chi connectivity index (χ3n) is 5.78. The predicted molar refractivity (Wildman–Crippen MR) is 130 cm³/mol. The van der Waals surface area contributed by atoms with E-state index in [1.54, 1.807) is 0 Å². The number of hydrogen-bond donors (Lipinski definition) is 0. The second-order valence-electron chi connectivity index (χ2n) is 8.95. The van der Waals surface area contributed by atoms with Crippen molar-refractivity contribution in [2.45, 2.75) is 149 Å². The monoisotopic (exact) mass is 440 g/mol. The van der Waals surface area contributed by atoms with E-state index in [4.69, 9.17) is 9.47 Å². The van der Waals surface area contributed by atoms with Gasteiger partial charge in [0.05, 0.1) is 13.2 Å². The zero-order chi connectivity index (χ0) is 22.8. The van der Waals surface area contributed by atoms with E-state index in [0.29, 0.717) is 26.1 Å². The van der Waals surface area contributed by atoms with Crippen molar-refractivity contribution in [1.82, 2.24) is 0 Å². The van der Waals surface area contributed by atoms with E-state index in [0.717, 1.165) is 51.4 Å². The van der Waals surface area contributed by atoms with E-state index in [9.17, 15) is 9.59 Å². The molecule has 0 aliphatic heterocycles. The number of unbranched alkanes of at least 4 members (excludes halogenated alkanes) is 16. The van der Waals surface area contributed by atoms with Crippen LogP contribution in [0.4, 0.5) is 0 Å². The van der Waals surface area contributed by atoms with Gasteiger partial charge in [0.15, 0.2) is 0 Å². The highest BCUT2D eigenvalue weighted by Gasteiger charge is 2.03. The number of hydrogen-bond acceptors (Lipinski definition) is 4. The number of esters is 2. The first-order valence-corrected chi connectivity index (χ1v) is 13.5. The van der Waals surface area contributed by atoms with E-state index in [-0.39, 0.29) is 11.9 Å². The van der Waals surface area contributed by atoms with Crippen LogP contribution in [0.5, 0.6) is 0 Å². The van der Waals surface area contributed by atoms with E-state index >= 15 is 0 Å². The van der Waals surface area contributed by atoms with Crippen LogP contribution in [-0.4, -0.2) is 25.2 Å². The van der Waals surface area contributed by atoms with Crippen LogP contribution in [-0.2, 0) is 19.1 Å². The van der Waals surface area contributed by atoms with Crippen LogP contribution < -0.4 is 0 Å². The first kappa shape index (κ1) is 29.9. The van der Waals surface area contributed by atoms with Gasteiger partial charge in [-0.15, -0.1) is 0 Å². The fourth-order valence-corrected chi connectivity index (χ4v) is 3.64. The molecule has 0 aromatic heterocycles. The minimum atomic E-state index is -0.0176. The Labute approximate surface area is 193 Å². The number of ether oxygens (including phenoxy) is 2. The van der Waals surface area contributed by atoms with Crippen LogP contribution in [0, 0.1) is 0 Å². The van der Waals surface area contributed by atoms with Crippen molar-refractivity contribution in [1.29, 1.82) is 0 Å². The van der Waals surface area contributed by atoms with Gasteiger partial charge in [0, 0.05) is 12.8 Å². The zero-order valence-electron chi connectivity index (χ0n) is 20.9. The molecular formula is C27H52O4. The summed E-state index contributed by atoms with van der Waals surface area (Å²) in [5, 5.41) is 0. The lowest BCUT2D eigenvalue weighted by atomic mass is 10.0. The molecule has 0 heterocycles. The molecule has 0 amide bonds. The summed E-state index contributed by atoms with van der Waals surface area (Å²) in [6.45, 7) is 5.39. The number of carbonyl (C=O) groups excluding carboxylic acids is 2. The van der Waals surface area contributed by atoms with Gasteiger partial charge in [-0.3, -0.25) is 9.59 Å². The summed E-state index contributed by atoms with van der Waals surface area (Å²) >= 11 is 0. The van der Waals surface area contributed by atoms with Gasteiger partial charge >= 0.3 is 11.9 Å². The standard InChI is InChI=1S/C27H52O4/c1-3-5-24-30-26(28)22-20-18-16-14-12-10-8-7-9-11-13-15-17-19-21-23-27(29)31-25-6-4-2/h3-25H2,1-2H3. The van der Waals surface area contributed by atoms with Crippen molar-refractivity contribution < 1.29 is 19.1 Å². The van der Waals surface area contributed by atoms with Gasteiger partial charge in [0.2, 0.25) is 0 Å². The van der Waals surface area contributed by atoms with Crippen LogP contribution in [0.25, 0.3) is 0 Å². The number of carbonyl (C=O) groups is 2. The maximum Gasteiger partial charge on any atom is 0.305 e. The summed E-state index contributed by atoms with van der Waals surface area (Å²) in [4.78, 5) is 23.0. The number of rotatable bonds is 24. The van der Waals surface area contributed by atoms with E-state index in [1.807, 2.05) is 0 Å². The second kappa shape index (κ2) is 25.2. The van der Waals surface area contributed by atoms with E-state index < -0.39 is 0 Å². The average molecular weight is 441 g/mol. The second-order valence-corrected chi connectivity index (χ2v) is 8.95. The Morgan fingerprint density at radius 1 is 0.419 bits per heavy atom. The van der Waals surface area contributed by atoms with Gasteiger partial charge in [0.25, 0.3) is 0 Å². The third kappa shape index (κ3) is 25.1. The first-order valence-electron chi connectivity index (χ1n) is 13.5. The zero-order valence-corrected chi connectivity index (χ0v) is 20.9. The SMILES string of the molecule is CCCCOC(=O)CCCCCCCCCCCCCCCCCC(=O)OCCCC. The van der Waals surface area contributed by atoms with Gasteiger partial charge in [0.1, 0.15) is 0 Å². The molecule has 4 nitrogen and oxygen atoms in total. The van der Waals surface area contributed by atoms with Crippen molar-refractivity contribution in [2.24, 2.45) is 0 Å². The summed E-state index contributed by atoms with van der Waals surface area (Å²) in [5.41, 5.74) is 0. The lowest BCUT2D eigenvalue weighted by Crippen LogP contribution is -2.05. The molecule has 0 radical (unpaired) electrons. The van der Waals surface area contributed by atoms with Crippen molar-refractivity contribution in [3.05, 3.63) is 0 Å². The minimum absolute atomic E-state index is 0.0176. The van der Waals surface area contributed by atoms with Gasteiger partial charge < -0.3 is 9.47 Å². The molecule has 0 aliphatic rings. The lowest BCUT2D eigenvalue weighted by molar-refractivity contribution is -0.144. The van der Waals surface area contributed by atoms with Crippen molar-refractivity contribution in [2.75, 3.05) is 13.2 Å². The molecule has 31 heavy (non-hydrogen) atoms. The van der Waals surface area contributed by atoms with Crippen LogP contribution in [0.1, 0.15) is 149 Å². The Hall–Kier alpha value is -1.06. The van der Waals surface area contributed by atoms with Crippen LogP contribution >= 0.6 is 0 Å². The average Bonchev–Trinajstić information content (AvgIpc) is 2.76. The summed E-state index contributed by atoms with van der Waals surface area (Å²) in [5.74, 6) is -0.0353. The molecule has 184 valence electrons. The predicted octanol–water partition coefficient (Wildman–Crippen LogP) is 8.30. The minimum Gasteiger partial charge on any atom is -0.466 e. The first-order chi connectivity index (χ1) is 15.2. The molecule has 0 saturated heterocycles. The Kier molecular flexibility index (Phi) is 24.3. The van der Waals surface area contributed by atoms with Crippen LogP contribution in [0.3, 0.4) is 0 Å². The Morgan fingerprint density at radius 3 is 0.935 bits per heavy atom.